The molecule has 1 N–H and O–H groups in total. The Morgan fingerprint density at radius 2 is 2.10 bits per heavy atom. The Kier molecular flexibility index (Phi) is 5.23. The number of aliphatic hydroxyl groups excluding tert-OH is 1. The van der Waals surface area contributed by atoms with E-state index in [-0.39, 0.29) is 18.6 Å². The van der Waals surface area contributed by atoms with Crippen LogP contribution in [0.4, 0.5) is 0 Å². The quantitative estimate of drug-likeness (QED) is 0.849. The Morgan fingerprint density at radius 3 is 2.57 bits per heavy atom. The van der Waals surface area contributed by atoms with Crippen molar-refractivity contribution in [1.82, 2.24) is 4.90 Å². The fourth-order valence-corrected chi connectivity index (χ4v) is 3.17. The summed E-state index contributed by atoms with van der Waals surface area (Å²) in [6.07, 6.45) is 5.23. The summed E-state index contributed by atoms with van der Waals surface area (Å²) < 4.78 is 5.55. The molecule has 0 unspecified atom stereocenters. The summed E-state index contributed by atoms with van der Waals surface area (Å²) in [6.45, 7) is 8.30. The largest absolute Gasteiger partial charge is 0.466 e. The number of nitrogens with zero attached hydrogens (tertiary/aromatic N) is 1. The number of amides is 1. The molecule has 1 aliphatic rings. The molecule has 1 saturated carbocycles. The van der Waals surface area contributed by atoms with Gasteiger partial charge in [-0.1, -0.05) is 6.58 Å². The molecule has 0 radical (unpaired) electrons. The van der Waals surface area contributed by atoms with E-state index in [0.717, 1.165) is 42.8 Å². The lowest BCUT2D eigenvalue weighted by Gasteiger charge is -2.36. The number of hydrogen-bond acceptors (Lipinski definition) is 3. The molecule has 1 heterocycles. The fraction of sp³-hybridized carbons (Fsp3) is 0.588. The van der Waals surface area contributed by atoms with Crippen molar-refractivity contribution in [2.45, 2.75) is 52.1 Å². The highest BCUT2D eigenvalue weighted by molar-refractivity contribution is 5.87. The molecule has 0 saturated heterocycles. The summed E-state index contributed by atoms with van der Waals surface area (Å²) in [4.78, 5) is 14.1. The number of rotatable bonds is 5. The first-order valence-electron chi connectivity index (χ1n) is 7.65. The Balaban J connectivity index is 2.10. The van der Waals surface area contributed by atoms with Crippen LogP contribution in [0.3, 0.4) is 0 Å². The van der Waals surface area contributed by atoms with Crippen molar-refractivity contribution in [1.29, 1.82) is 0 Å². The molecule has 1 amide bonds. The normalized spacial score (nSPS) is 22.0. The molecular formula is C17H25NO3. The second kappa shape index (κ2) is 6.94. The van der Waals surface area contributed by atoms with Gasteiger partial charge in [-0.25, -0.2) is 0 Å². The maximum atomic E-state index is 12.2. The number of carbonyl (C=O) groups excluding carboxylic acids is 1. The van der Waals surface area contributed by atoms with Crippen LogP contribution in [-0.4, -0.2) is 28.6 Å². The number of aliphatic hydroxyl groups is 1. The van der Waals surface area contributed by atoms with Gasteiger partial charge in [0.05, 0.1) is 0 Å². The molecule has 4 heteroatoms. The Labute approximate surface area is 126 Å². The third-order valence-electron chi connectivity index (χ3n) is 4.46. The van der Waals surface area contributed by atoms with Crippen LogP contribution in [0, 0.1) is 19.8 Å². The summed E-state index contributed by atoms with van der Waals surface area (Å²) in [5.74, 6) is 2.11. The first-order chi connectivity index (χ1) is 10.0. The molecule has 1 aliphatic carbocycles. The van der Waals surface area contributed by atoms with Gasteiger partial charge in [0, 0.05) is 24.8 Å². The summed E-state index contributed by atoms with van der Waals surface area (Å²) in [6, 6.07) is 2.23. The minimum absolute atomic E-state index is 0.0271. The van der Waals surface area contributed by atoms with E-state index in [1.54, 1.807) is 0 Å². The van der Waals surface area contributed by atoms with Crippen LogP contribution >= 0.6 is 0 Å². The van der Waals surface area contributed by atoms with Crippen molar-refractivity contribution >= 4 is 5.91 Å². The average molecular weight is 291 g/mol. The van der Waals surface area contributed by atoms with Crippen LogP contribution in [0.2, 0.25) is 0 Å². The number of furan rings is 1. The molecule has 21 heavy (non-hydrogen) atoms. The predicted octanol–water partition coefficient (Wildman–Crippen LogP) is 2.96. The standard InChI is InChI=1S/C17H25NO3/c1-4-17(20)18(10-15-9-12(2)21-13(15)3)16-7-5-14(11-19)6-8-16/h4,9,14,16,19H,1,5-8,10-11H2,2-3H3. The van der Waals surface area contributed by atoms with Gasteiger partial charge in [0.1, 0.15) is 11.5 Å². The predicted molar refractivity (Wildman–Crippen MR) is 81.8 cm³/mol. The molecule has 2 rings (SSSR count). The van der Waals surface area contributed by atoms with Crippen molar-refractivity contribution in [2.75, 3.05) is 6.61 Å². The molecule has 0 atom stereocenters. The van der Waals surface area contributed by atoms with E-state index in [1.807, 2.05) is 24.8 Å². The summed E-state index contributed by atoms with van der Waals surface area (Å²) in [5.41, 5.74) is 1.06. The first-order valence-corrected chi connectivity index (χ1v) is 7.65. The van der Waals surface area contributed by atoms with Crippen molar-refractivity contribution < 1.29 is 14.3 Å². The highest BCUT2D eigenvalue weighted by Gasteiger charge is 2.28. The van der Waals surface area contributed by atoms with E-state index in [9.17, 15) is 9.90 Å². The fourth-order valence-electron chi connectivity index (χ4n) is 3.17. The molecule has 0 aliphatic heterocycles. The van der Waals surface area contributed by atoms with Gasteiger partial charge in [0.25, 0.3) is 0 Å². The zero-order chi connectivity index (χ0) is 15.4. The third-order valence-corrected chi connectivity index (χ3v) is 4.46. The second-order valence-electron chi connectivity index (χ2n) is 5.97. The Morgan fingerprint density at radius 1 is 1.43 bits per heavy atom. The SMILES string of the molecule is C=CC(=O)N(Cc1cc(C)oc1C)C1CCC(CO)CC1. The summed E-state index contributed by atoms with van der Waals surface area (Å²) in [7, 11) is 0. The van der Waals surface area contributed by atoms with Gasteiger partial charge >= 0.3 is 0 Å². The van der Waals surface area contributed by atoms with Crippen LogP contribution in [0.5, 0.6) is 0 Å². The minimum Gasteiger partial charge on any atom is -0.466 e. The lowest BCUT2D eigenvalue weighted by Crippen LogP contribution is -2.41. The van der Waals surface area contributed by atoms with Crippen LogP contribution in [-0.2, 0) is 11.3 Å². The number of hydrogen-bond donors (Lipinski definition) is 1. The molecule has 1 fully saturated rings. The molecule has 4 nitrogen and oxygen atoms in total. The van der Waals surface area contributed by atoms with Gasteiger partial charge in [-0.05, 0) is 57.6 Å². The Hall–Kier alpha value is -1.55. The summed E-state index contributed by atoms with van der Waals surface area (Å²) in [5, 5.41) is 9.24. The van der Waals surface area contributed by atoms with E-state index in [1.165, 1.54) is 6.08 Å². The van der Waals surface area contributed by atoms with Gasteiger partial charge in [-0.15, -0.1) is 0 Å². The van der Waals surface area contributed by atoms with Crippen molar-refractivity contribution in [3.63, 3.8) is 0 Å². The lowest BCUT2D eigenvalue weighted by atomic mass is 9.85. The van der Waals surface area contributed by atoms with Gasteiger partial charge in [0.2, 0.25) is 5.91 Å². The van der Waals surface area contributed by atoms with Crippen LogP contribution in [0.1, 0.15) is 42.8 Å². The lowest BCUT2D eigenvalue weighted by molar-refractivity contribution is -0.129. The van der Waals surface area contributed by atoms with E-state index >= 15 is 0 Å². The van der Waals surface area contributed by atoms with Crippen LogP contribution in [0.25, 0.3) is 0 Å². The molecule has 0 aromatic carbocycles. The second-order valence-corrected chi connectivity index (χ2v) is 5.97. The van der Waals surface area contributed by atoms with Gasteiger partial charge in [-0.2, -0.15) is 0 Å². The molecule has 1 aromatic heterocycles. The highest BCUT2D eigenvalue weighted by Crippen LogP contribution is 2.29. The Bertz CT molecular complexity index is 498. The van der Waals surface area contributed by atoms with Crippen molar-refractivity contribution in [3.05, 3.63) is 35.8 Å². The maximum Gasteiger partial charge on any atom is 0.246 e. The smallest absolute Gasteiger partial charge is 0.246 e. The molecule has 0 bridgehead atoms. The average Bonchev–Trinajstić information content (AvgIpc) is 2.82. The molecule has 0 spiro atoms. The van der Waals surface area contributed by atoms with Gasteiger partial charge < -0.3 is 14.4 Å². The van der Waals surface area contributed by atoms with E-state index < -0.39 is 0 Å². The monoisotopic (exact) mass is 291 g/mol. The van der Waals surface area contributed by atoms with E-state index in [0.29, 0.717) is 12.5 Å². The van der Waals surface area contributed by atoms with Crippen molar-refractivity contribution in [2.24, 2.45) is 5.92 Å². The highest BCUT2D eigenvalue weighted by atomic mass is 16.3. The van der Waals surface area contributed by atoms with E-state index in [4.69, 9.17) is 4.42 Å². The number of carbonyl (C=O) groups is 1. The third kappa shape index (κ3) is 3.76. The van der Waals surface area contributed by atoms with Crippen LogP contribution in [0.15, 0.2) is 23.1 Å². The topological polar surface area (TPSA) is 53.7 Å². The minimum atomic E-state index is -0.0271. The zero-order valence-corrected chi connectivity index (χ0v) is 13.0. The van der Waals surface area contributed by atoms with Crippen LogP contribution < -0.4 is 0 Å². The number of aryl methyl sites for hydroxylation is 2. The van der Waals surface area contributed by atoms with E-state index in [2.05, 4.69) is 6.58 Å². The maximum absolute atomic E-state index is 12.2. The van der Waals surface area contributed by atoms with Gasteiger partial charge in [-0.3, -0.25) is 4.79 Å². The first kappa shape index (κ1) is 15.8. The molecular weight excluding hydrogens is 266 g/mol. The summed E-state index contributed by atoms with van der Waals surface area (Å²) >= 11 is 0. The molecule has 116 valence electrons. The van der Waals surface area contributed by atoms with Gasteiger partial charge in [0.15, 0.2) is 0 Å². The van der Waals surface area contributed by atoms with Crippen molar-refractivity contribution in [3.8, 4) is 0 Å². The molecule has 1 aromatic rings. The zero-order valence-electron chi connectivity index (χ0n) is 13.0.